The predicted molar refractivity (Wildman–Crippen MR) is 106 cm³/mol. The summed E-state index contributed by atoms with van der Waals surface area (Å²) in [6.07, 6.45) is 20.4. The van der Waals surface area contributed by atoms with Crippen LogP contribution in [0.4, 0.5) is 0 Å². The van der Waals surface area contributed by atoms with E-state index in [1.54, 1.807) is 0 Å². The number of unbranched alkanes of at least 4 members (excludes halogenated alkanes) is 9. The zero-order valence-electron chi connectivity index (χ0n) is 16.7. The summed E-state index contributed by atoms with van der Waals surface area (Å²) < 4.78 is 1.47. The van der Waals surface area contributed by atoms with Crippen molar-refractivity contribution >= 4 is 0 Å². The van der Waals surface area contributed by atoms with Crippen LogP contribution < -0.4 is 5.32 Å². The second kappa shape index (κ2) is 12.3. The summed E-state index contributed by atoms with van der Waals surface area (Å²) in [7, 11) is 0. The average molecular weight is 338 g/mol. The maximum absolute atomic E-state index is 3.69. The molecule has 0 aromatic rings. The largest absolute Gasteiger partial charge is 0.324 e. The highest BCUT2D eigenvalue weighted by Crippen LogP contribution is 2.33. The van der Waals surface area contributed by atoms with Gasteiger partial charge < -0.3 is 9.80 Å². The van der Waals surface area contributed by atoms with Crippen molar-refractivity contribution in [1.82, 2.24) is 5.32 Å². The van der Waals surface area contributed by atoms with E-state index < -0.39 is 0 Å². The van der Waals surface area contributed by atoms with Crippen molar-refractivity contribution in [2.24, 2.45) is 5.92 Å². The molecule has 0 atom stereocenters. The molecule has 3 rings (SSSR count). The Labute approximate surface area is 152 Å². The molecule has 0 spiro atoms. The number of nitrogens with zero attached hydrogens (tertiary/aromatic N) is 1. The fraction of sp³-hybridized carbons (Fsp3) is 1.00. The Balaban J connectivity index is 1.30. The van der Waals surface area contributed by atoms with Gasteiger partial charge in [0.1, 0.15) is 0 Å². The fourth-order valence-corrected chi connectivity index (χ4v) is 4.88. The Hall–Kier alpha value is -0.0800. The van der Waals surface area contributed by atoms with E-state index in [4.69, 9.17) is 0 Å². The summed E-state index contributed by atoms with van der Waals surface area (Å²) in [5.41, 5.74) is 0. The summed E-state index contributed by atoms with van der Waals surface area (Å²) >= 11 is 0. The van der Waals surface area contributed by atoms with Crippen LogP contribution in [0.3, 0.4) is 0 Å². The van der Waals surface area contributed by atoms with Crippen LogP contribution in [0, 0.1) is 5.92 Å². The van der Waals surface area contributed by atoms with E-state index in [0.717, 1.165) is 5.92 Å². The lowest BCUT2D eigenvalue weighted by atomic mass is 9.85. The molecular formula is C22H45N2+. The first-order valence-corrected chi connectivity index (χ1v) is 11.4. The van der Waals surface area contributed by atoms with Gasteiger partial charge in [-0.2, -0.15) is 0 Å². The van der Waals surface area contributed by atoms with Gasteiger partial charge in [-0.3, -0.25) is 0 Å². The molecule has 0 amide bonds. The standard InChI is InChI=1S/C22H45N2/c1-2-3-4-5-6-7-8-9-10-11-16-23-17-12-18-24-19-13-22(14-20-24)15-21-24/h22-23H,2-21H2,1H3/q+1. The molecule has 24 heavy (non-hydrogen) atoms. The van der Waals surface area contributed by atoms with E-state index in [2.05, 4.69) is 12.2 Å². The molecule has 3 aliphatic heterocycles. The molecule has 3 heterocycles. The van der Waals surface area contributed by atoms with E-state index in [9.17, 15) is 0 Å². The average Bonchev–Trinajstić information content (AvgIpc) is 2.63. The summed E-state index contributed by atoms with van der Waals surface area (Å²) in [6.45, 7) is 10.7. The molecule has 3 saturated heterocycles. The van der Waals surface area contributed by atoms with Crippen LogP contribution in [0.25, 0.3) is 0 Å². The van der Waals surface area contributed by atoms with Crippen molar-refractivity contribution in [1.29, 1.82) is 0 Å². The minimum absolute atomic E-state index is 1.10. The second-order valence-electron chi connectivity index (χ2n) is 8.75. The van der Waals surface area contributed by atoms with Crippen LogP contribution in [-0.2, 0) is 0 Å². The second-order valence-corrected chi connectivity index (χ2v) is 8.75. The third-order valence-corrected chi connectivity index (χ3v) is 6.73. The van der Waals surface area contributed by atoms with E-state index >= 15 is 0 Å². The molecule has 0 radical (unpaired) electrons. The van der Waals surface area contributed by atoms with Crippen molar-refractivity contribution in [3.05, 3.63) is 0 Å². The Morgan fingerprint density at radius 1 is 0.667 bits per heavy atom. The van der Waals surface area contributed by atoms with Crippen molar-refractivity contribution in [2.75, 3.05) is 39.3 Å². The Kier molecular flexibility index (Phi) is 10.4. The van der Waals surface area contributed by atoms with Crippen LogP contribution in [-0.4, -0.2) is 43.8 Å². The van der Waals surface area contributed by atoms with Crippen LogP contribution in [0.5, 0.6) is 0 Å². The molecule has 0 unspecified atom stereocenters. The molecule has 3 aliphatic rings. The number of piperidine rings is 3. The summed E-state index contributed by atoms with van der Waals surface area (Å²) in [5.74, 6) is 1.10. The molecule has 0 saturated carbocycles. The van der Waals surface area contributed by atoms with E-state index in [-0.39, 0.29) is 0 Å². The lowest BCUT2D eigenvalue weighted by molar-refractivity contribution is -0.942. The van der Waals surface area contributed by atoms with Crippen molar-refractivity contribution in [3.8, 4) is 0 Å². The number of fused-ring (bicyclic) bond motifs is 3. The van der Waals surface area contributed by atoms with Gasteiger partial charge in [-0.25, -0.2) is 0 Å². The number of hydrogen-bond acceptors (Lipinski definition) is 1. The quantitative estimate of drug-likeness (QED) is 0.306. The van der Waals surface area contributed by atoms with Gasteiger partial charge in [0.15, 0.2) is 0 Å². The molecule has 1 N–H and O–H groups in total. The van der Waals surface area contributed by atoms with Gasteiger partial charge in [0.2, 0.25) is 0 Å². The normalized spacial score (nSPS) is 26.1. The SMILES string of the molecule is CCCCCCCCCCCCNCCC[N+]12CCC(CC1)CC2. The van der Waals surface area contributed by atoms with Crippen LogP contribution >= 0.6 is 0 Å². The monoisotopic (exact) mass is 337 g/mol. The molecule has 3 fully saturated rings. The molecule has 0 aliphatic carbocycles. The highest BCUT2D eigenvalue weighted by Gasteiger charge is 2.38. The van der Waals surface area contributed by atoms with Gasteiger partial charge in [-0.05, 0) is 38.1 Å². The van der Waals surface area contributed by atoms with Gasteiger partial charge in [0.25, 0.3) is 0 Å². The Morgan fingerprint density at radius 2 is 1.17 bits per heavy atom. The van der Waals surface area contributed by atoms with Gasteiger partial charge >= 0.3 is 0 Å². The maximum Gasteiger partial charge on any atom is 0.0798 e. The predicted octanol–water partition coefficient (Wildman–Crippen LogP) is 5.52. The molecule has 2 heteroatoms. The van der Waals surface area contributed by atoms with Crippen LogP contribution in [0.2, 0.25) is 0 Å². The van der Waals surface area contributed by atoms with E-state index in [1.165, 1.54) is 134 Å². The highest BCUT2D eigenvalue weighted by atomic mass is 15.4. The molecule has 2 nitrogen and oxygen atoms in total. The summed E-state index contributed by atoms with van der Waals surface area (Å²) in [5, 5.41) is 3.69. The Bertz CT molecular complexity index is 281. The van der Waals surface area contributed by atoms with Crippen molar-refractivity contribution in [3.63, 3.8) is 0 Å². The first-order chi connectivity index (χ1) is 11.8. The molecule has 0 aromatic carbocycles. The summed E-state index contributed by atoms with van der Waals surface area (Å²) in [6, 6.07) is 0. The van der Waals surface area contributed by atoms with E-state index in [0.29, 0.717) is 0 Å². The maximum atomic E-state index is 3.69. The lowest BCUT2D eigenvalue weighted by Crippen LogP contribution is -2.58. The number of rotatable bonds is 15. The van der Waals surface area contributed by atoms with Gasteiger partial charge in [-0.1, -0.05) is 64.7 Å². The minimum Gasteiger partial charge on any atom is -0.324 e. The zero-order valence-corrected chi connectivity index (χ0v) is 16.7. The van der Waals surface area contributed by atoms with Crippen molar-refractivity contribution in [2.45, 2.75) is 96.8 Å². The van der Waals surface area contributed by atoms with Crippen molar-refractivity contribution < 1.29 is 4.48 Å². The number of hydrogen-bond donors (Lipinski definition) is 1. The topological polar surface area (TPSA) is 12.0 Å². The van der Waals surface area contributed by atoms with Gasteiger partial charge in [0.05, 0.1) is 26.2 Å². The van der Waals surface area contributed by atoms with Gasteiger partial charge in [-0.15, -0.1) is 0 Å². The molecular weight excluding hydrogens is 292 g/mol. The lowest BCUT2D eigenvalue weighted by Gasteiger charge is -2.49. The van der Waals surface area contributed by atoms with Crippen LogP contribution in [0.1, 0.15) is 96.8 Å². The number of quaternary nitrogens is 1. The van der Waals surface area contributed by atoms with Crippen LogP contribution in [0.15, 0.2) is 0 Å². The van der Waals surface area contributed by atoms with E-state index in [1.807, 2.05) is 0 Å². The smallest absolute Gasteiger partial charge is 0.0798 e. The molecule has 142 valence electrons. The third kappa shape index (κ3) is 7.87. The highest BCUT2D eigenvalue weighted by molar-refractivity contribution is 4.71. The van der Waals surface area contributed by atoms with Gasteiger partial charge in [0, 0.05) is 13.0 Å². The minimum atomic E-state index is 1.10. The molecule has 0 aromatic heterocycles. The fourth-order valence-electron chi connectivity index (χ4n) is 4.88. The first kappa shape index (κ1) is 20.2. The third-order valence-electron chi connectivity index (χ3n) is 6.73. The summed E-state index contributed by atoms with van der Waals surface area (Å²) in [4.78, 5) is 0. The first-order valence-electron chi connectivity index (χ1n) is 11.4. The zero-order chi connectivity index (χ0) is 16.9. The molecule has 2 bridgehead atoms. The number of nitrogens with one attached hydrogen (secondary N) is 1. The Morgan fingerprint density at radius 3 is 1.75 bits per heavy atom.